The van der Waals surface area contributed by atoms with E-state index in [1.54, 1.807) is 7.11 Å². The Labute approximate surface area is 121 Å². The van der Waals surface area contributed by atoms with Crippen molar-refractivity contribution < 1.29 is 9.53 Å². The average Bonchev–Trinajstić information content (AvgIpc) is 2.45. The normalized spacial score (nSPS) is 12.2. The molecule has 1 aromatic carbocycles. The van der Waals surface area contributed by atoms with Gasteiger partial charge < -0.3 is 15.4 Å². The fraction of sp³-hybridized carbons (Fsp3) is 0.562. The molecule has 0 spiro atoms. The van der Waals surface area contributed by atoms with Crippen molar-refractivity contribution in [2.45, 2.75) is 33.2 Å². The van der Waals surface area contributed by atoms with Crippen molar-refractivity contribution in [2.75, 3.05) is 20.2 Å². The first kappa shape index (κ1) is 16.5. The second-order valence-electron chi connectivity index (χ2n) is 5.40. The lowest BCUT2D eigenvalue weighted by molar-refractivity contribution is -0.121. The first-order valence-electron chi connectivity index (χ1n) is 7.17. The summed E-state index contributed by atoms with van der Waals surface area (Å²) in [6.07, 6.45) is 0.507. The Morgan fingerprint density at radius 1 is 1.20 bits per heavy atom. The van der Waals surface area contributed by atoms with E-state index in [2.05, 4.69) is 31.4 Å². The van der Waals surface area contributed by atoms with Gasteiger partial charge in [-0.05, 0) is 30.5 Å². The van der Waals surface area contributed by atoms with E-state index < -0.39 is 0 Å². The summed E-state index contributed by atoms with van der Waals surface area (Å²) in [4.78, 5) is 11.6. The third-order valence-corrected chi connectivity index (χ3v) is 3.13. The Bertz CT molecular complexity index is 401. The van der Waals surface area contributed by atoms with Crippen LogP contribution in [0.25, 0.3) is 0 Å². The fourth-order valence-corrected chi connectivity index (χ4v) is 1.82. The van der Waals surface area contributed by atoms with E-state index in [9.17, 15) is 4.79 Å². The molecule has 0 aromatic heterocycles. The van der Waals surface area contributed by atoms with Gasteiger partial charge in [-0.15, -0.1) is 0 Å². The molecule has 0 aliphatic heterocycles. The predicted molar refractivity (Wildman–Crippen MR) is 81.9 cm³/mol. The molecule has 0 saturated heterocycles. The van der Waals surface area contributed by atoms with Gasteiger partial charge in [-0.1, -0.05) is 26.0 Å². The number of nitrogens with one attached hydrogen (secondary N) is 2. The van der Waals surface area contributed by atoms with Crippen molar-refractivity contribution >= 4 is 5.91 Å². The van der Waals surface area contributed by atoms with Gasteiger partial charge in [-0.25, -0.2) is 0 Å². The minimum absolute atomic E-state index is 0.105. The van der Waals surface area contributed by atoms with Gasteiger partial charge in [-0.2, -0.15) is 0 Å². The second kappa shape index (κ2) is 8.59. The largest absolute Gasteiger partial charge is 0.497 e. The molecule has 20 heavy (non-hydrogen) atoms. The van der Waals surface area contributed by atoms with Gasteiger partial charge in [0, 0.05) is 25.6 Å². The smallest absolute Gasteiger partial charge is 0.221 e. The molecule has 0 aliphatic carbocycles. The van der Waals surface area contributed by atoms with Crippen LogP contribution >= 0.6 is 0 Å². The standard InChI is InChI=1S/C16H26N2O2/c1-12(2)11-18-16(19)9-10-17-13(3)14-5-7-15(20-4)8-6-14/h5-8,12-13,17H,9-11H2,1-4H3,(H,18,19). The van der Waals surface area contributed by atoms with Gasteiger partial charge in [0.05, 0.1) is 7.11 Å². The van der Waals surface area contributed by atoms with Crippen LogP contribution in [-0.4, -0.2) is 26.1 Å². The average molecular weight is 278 g/mol. The maximum Gasteiger partial charge on any atom is 0.221 e. The maximum absolute atomic E-state index is 11.6. The number of benzene rings is 1. The Balaban J connectivity index is 2.28. The van der Waals surface area contributed by atoms with Crippen LogP contribution in [0.2, 0.25) is 0 Å². The zero-order valence-electron chi connectivity index (χ0n) is 12.9. The van der Waals surface area contributed by atoms with E-state index in [1.807, 2.05) is 24.3 Å². The molecule has 2 N–H and O–H groups in total. The molecule has 1 unspecified atom stereocenters. The summed E-state index contributed by atoms with van der Waals surface area (Å²) >= 11 is 0. The quantitative estimate of drug-likeness (QED) is 0.768. The number of hydrogen-bond acceptors (Lipinski definition) is 3. The lowest BCUT2D eigenvalue weighted by atomic mass is 10.1. The van der Waals surface area contributed by atoms with Crippen molar-refractivity contribution in [3.8, 4) is 5.75 Å². The van der Waals surface area contributed by atoms with Crippen LogP contribution in [0, 0.1) is 5.92 Å². The summed E-state index contributed by atoms with van der Waals surface area (Å²) in [5, 5.41) is 6.27. The number of amides is 1. The Hall–Kier alpha value is -1.55. The Kier molecular flexibility index (Phi) is 7.09. The molecule has 0 radical (unpaired) electrons. The van der Waals surface area contributed by atoms with Crippen molar-refractivity contribution in [2.24, 2.45) is 5.92 Å². The molecule has 1 rings (SSSR count). The number of rotatable bonds is 8. The molecule has 4 nitrogen and oxygen atoms in total. The number of ether oxygens (including phenoxy) is 1. The molecule has 0 heterocycles. The van der Waals surface area contributed by atoms with Gasteiger partial charge >= 0.3 is 0 Å². The van der Waals surface area contributed by atoms with E-state index in [0.717, 1.165) is 12.3 Å². The second-order valence-corrected chi connectivity index (χ2v) is 5.40. The zero-order chi connectivity index (χ0) is 15.0. The molecule has 0 fully saturated rings. The summed E-state index contributed by atoms with van der Waals surface area (Å²) < 4.78 is 5.13. The summed E-state index contributed by atoms with van der Waals surface area (Å²) in [5.74, 6) is 1.45. The Morgan fingerprint density at radius 3 is 2.40 bits per heavy atom. The molecule has 1 aromatic rings. The summed E-state index contributed by atoms with van der Waals surface area (Å²) in [5.41, 5.74) is 1.19. The molecule has 4 heteroatoms. The molecule has 0 aliphatic rings. The van der Waals surface area contributed by atoms with Crippen LogP contribution < -0.4 is 15.4 Å². The van der Waals surface area contributed by atoms with E-state index in [1.165, 1.54) is 5.56 Å². The molecular weight excluding hydrogens is 252 g/mol. The van der Waals surface area contributed by atoms with E-state index in [0.29, 0.717) is 18.9 Å². The number of hydrogen-bond donors (Lipinski definition) is 2. The molecular formula is C16H26N2O2. The van der Waals surface area contributed by atoms with Gasteiger partial charge in [0.1, 0.15) is 5.75 Å². The van der Waals surface area contributed by atoms with Crippen LogP contribution in [-0.2, 0) is 4.79 Å². The first-order chi connectivity index (χ1) is 9.52. The lowest BCUT2D eigenvalue weighted by Gasteiger charge is -2.15. The molecule has 1 atom stereocenters. The Morgan fingerprint density at radius 2 is 1.85 bits per heavy atom. The zero-order valence-corrected chi connectivity index (χ0v) is 12.9. The maximum atomic E-state index is 11.6. The minimum Gasteiger partial charge on any atom is -0.497 e. The van der Waals surface area contributed by atoms with Gasteiger partial charge in [-0.3, -0.25) is 4.79 Å². The van der Waals surface area contributed by atoms with Crippen LogP contribution in [0.4, 0.5) is 0 Å². The highest BCUT2D eigenvalue weighted by molar-refractivity contribution is 5.76. The third-order valence-electron chi connectivity index (χ3n) is 3.13. The summed E-state index contributed by atoms with van der Waals surface area (Å²) in [6, 6.07) is 8.19. The highest BCUT2D eigenvalue weighted by Crippen LogP contribution is 2.16. The SMILES string of the molecule is COc1ccc(C(C)NCCC(=O)NCC(C)C)cc1. The summed E-state index contributed by atoms with van der Waals surface area (Å²) in [6.45, 7) is 7.69. The summed E-state index contributed by atoms with van der Waals surface area (Å²) in [7, 11) is 1.66. The molecule has 112 valence electrons. The van der Waals surface area contributed by atoms with Crippen molar-refractivity contribution in [1.82, 2.24) is 10.6 Å². The molecule has 1 amide bonds. The number of carbonyl (C=O) groups is 1. The minimum atomic E-state index is 0.105. The van der Waals surface area contributed by atoms with Crippen LogP contribution in [0.5, 0.6) is 5.75 Å². The fourth-order valence-electron chi connectivity index (χ4n) is 1.82. The lowest BCUT2D eigenvalue weighted by Crippen LogP contribution is -2.31. The van der Waals surface area contributed by atoms with E-state index in [4.69, 9.17) is 4.74 Å². The van der Waals surface area contributed by atoms with Crippen LogP contribution in [0.1, 0.15) is 38.8 Å². The predicted octanol–water partition coefficient (Wildman–Crippen LogP) is 2.51. The molecule has 0 bridgehead atoms. The topological polar surface area (TPSA) is 50.4 Å². The van der Waals surface area contributed by atoms with Gasteiger partial charge in [0.2, 0.25) is 5.91 Å². The third kappa shape index (κ3) is 6.06. The molecule has 0 saturated carbocycles. The first-order valence-corrected chi connectivity index (χ1v) is 7.17. The van der Waals surface area contributed by atoms with E-state index >= 15 is 0 Å². The van der Waals surface area contributed by atoms with E-state index in [-0.39, 0.29) is 11.9 Å². The van der Waals surface area contributed by atoms with Crippen LogP contribution in [0.15, 0.2) is 24.3 Å². The van der Waals surface area contributed by atoms with Crippen molar-refractivity contribution in [3.63, 3.8) is 0 Å². The van der Waals surface area contributed by atoms with Crippen molar-refractivity contribution in [1.29, 1.82) is 0 Å². The highest BCUT2D eigenvalue weighted by atomic mass is 16.5. The van der Waals surface area contributed by atoms with Gasteiger partial charge in [0.15, 0.2) is 0 Å². The van der Waals surface area contributed by atoms with Crippen LogP contribution in [0.3, 0.4) is 0 Å². The number of carbonyl (C=O) groups excluding carboxylic acids is 1. The monoisotopic (exact) mass is 278 g/mol. The van der Waals surface area contributed by atoms with Crippen molar-refractivity contribution in [3.05, 3.63) is 29.8 Å². The number of methoxy groups -OCH3 is 1. The highest BCUT2D eigenvalue weighted by Gasteiger charge is 2.06. The van der Waals surface area contributed by atoms with Gasteiger partial charge in [0.25, 0.3) is 0 Å².